The molecule has 9 atom stereocenters. The van der Waals surface area contributed by atoms with E-state index in [2.05, 4.69) is 27.7 Å². The highest BCUT2D eigenvalue weighted by atomic mass is 16.1. The van der Waals surface area contributed by atoms with Crippen molar-refractivity contribution in [1.82, 2.24) is 0 Å². The van der Waals surface area contributed by atoms with Gasteiger partial charge in [-0.15, -0.1) is 0 Å². The minimum atomic E-state index is 0.347. The van der Waals surface area contributed by atoms with Crippen LogP contribution in [0.1, 0.15) is 133 Å². The summed E-state index contributed by atoms with van der Waals surface area (Å²) in [6, 6.07) is 0. The van der Waals surface area contributed by atoms with E-state index in [0.29, 0.717) is 52.1 Å². The molecule has 0 amide bonds. The van der Waals surface area contributed by atoms with E-state index in [1.807, 2.05) is 41.5 Å². The minimum absolute atomic E-state index is 0.347. The number of rotatable bonds is 4. The number of Topliss-reactive ketones (excluding diaryl/α,β-unsaturated/α-hetero) is 1. The molecule has 4 aliphatic rings. The average molecular weight is 464 g/mol. The molecule has 6 unspecified atom stereocenters. The summed E-state index contributed by atoms with van der Waals surface area (Å²) in [7, 11) is 0. The molecule has 0 heterocycles. The molecule has 4 saturated carbocycles. The van der Waals surface area contributed by atoms with E-state index in [0.717, 1.165) is 25.3 Å². The Labute approximate surface area is 208 Å². The Hall–Kier alpha value is -0.370. The lowest BCUT2D eigenvalue weighted by molar-refractivity contribution is -0.168. The Morgan fingerprint density at radius 1 is 0.848 bits per heavy atom. The SMILES string of the molecule is CC.CC.CC.CC[C@H]1C(=O)C2C3CCC([C@H](C)CCN)C3(C)CC[C@@H]2C2(C)CCCCC12. The highest BCUT2D eigenvalue weighted by Crippen LogP contribution is 2.68. The summed E-state index contributed by atoms with van der Waals surface area (Å²) in [5.41, 5.74) is 6.72. The summed E-state index contributed by atoms with van der Waals surface area (Å²) < 4.78 is 0. The number of carbonyl (C=O) groups excluding carboxylic acids is 1. The van der Waals surface area contributed by atoms with Crippen LogP contribution in [-0.4, -0.2) is 12.3 Å². The van der Waals surface area contributed by atoms with Crippen LogP contribution in [0.2, 0.25) is 0 Å². The standard InChI is InChI=1S/C25H43NO.3C2H6/c1-5-17-19-8-6-7-13-24(19,3)21-11-14-25(4)18(16(2)12-15-26)9-10-20(25)22(21)23(17)27;3*1-2/h16-22H,5-15,26H2,1-4H3;3*1-2H3/t16-,17-,18?,19?,20?,21+,22?,24?,25?;;;/m1.../s1. The molecule has 0 aromatic rings. The van der Waals surface area contributed by atoms with Gasteiger partial charge < -0.3 is 5.73 Å². The Bertz CT molecular complexity index is 573. The van der Waals surface area contributed by atoms with Crippen molar-refractivity contribution in [1.29, 1.82) is 0 Å². The van der Waals surface area contributed by atoms with Gasteiger partial charge in [0.05, 0.1) is 0 Å². The van der Waals surface area contributed by atoms with Gasteiger partial charge in [0.15, 0.2) is 0 Å². The molecule has 0 aromatic heterocycles. The van der Waals surface area contributed by atoms with E-state index in [-0.39, 0.29) is 0 Å². The first-order chi connectivity index (χ1) is 15.9. The van der Waals surface area contributed by atoms with Crippen LogP contribution in [0, 0.1) is 52.3 Å². The van der Waals surface area contributed by atoms with Crippen molar-refractivity contribution in [2.24, 2.45) is 58.0 Å². The predicted octanol–water partition coefficient (Wildman–Crippen LogP) is 8.91. The van der Waals surface area contributed by atoms with Crippen LogP contribution in [0.3, 0.4) is 0 Å². The molecule has 0 saturated heterocycles. The van der Waals surface area contributed by atoms with Gasteiger partial charge in [-0.05, 0) is 98.3 Å². The highest BCUT2D eigenvalue weighted by molar-refractivity contribution is 5.86. The zero-order valence-corrected chi connectivity index (χ0v) is 24.3. The van der Waals surface area contributed by atoms with Crippen molar-refractivity contribution < 1.29 is 4.79 Å². The van der Waals surface area contributed by atoms with E-state index < -0.39 is 0 Å². The molecule has 0 spiro atoms. The predicted molar refractivity (Wildman–Crippen MR) is 146 cm³/mol. The van der Waals surface area contributed by atoms with Crippen molar-refractivity contribution in [3.63, 3.8) is 0 Å². The Morgan fingerprint density at radius 3 is 2.03 bits per heavy atom. The third-order valence-corrected chi connectivity index (χ3v) is 10.4. The largest absolute Gasteiger partial charge is 0.330 e. The lowest BCUT2D eigenvalue weighted by Crippen LogP contribution is -2.59. The van der Waals surface area contributed by atoms with Crippen LogP contribution < -0.4 is 5.73 Å². The lowest BCUT2D eigenvalue weighted by Gasteiger charge is -2.62. The molecule has 4 rings (SSSR count). The summed E-state index contributed by atoms with van der Waals surface area (Å²) in [5, 5.41) is 0. The van der Waals surface area contributed by atoms with E-state index in [9.17, 15) is 4.79 Å². The van der Waals surface area contributed by atoms with Crippen molar-refractivity contribution in [3.8, 4) is 0 Å². The van der Waals surface area contributed by atoms with Gasteiger partial charge in [0.25, 0.3) is 0 Å². The second-order valence-corrected chi connectivity index (χ2v) is 11.3. The molecule has 2 N–H and O–H groups in total. The van der Waals surface area contributed by atoms with Gasteiger partial charge in [-0.25, -0.2) is 0 Å². The van der Waals surface area contributed by atoms with Crippen LogP contribution in [-0.2, 0) is 4.79 Å². The molecule has 33 heavy (non-hydrogen) atoms. The van der Waals surface area contributed by atoms with Crippen molar-refractivity contribution in [2.45, 2.75) is 133 Å². The maximum absolute atomic E-state index is 13.9. The van der Waals surface area contributed by atoms with Gasteiger partial charge in [0, 0.05) is 11.8 Å². The molecule has 4 aliphatic carbocycles. The van der Waals surface area contributed by atoms with Gasteiger partial charge in [-0.2, -0.15) is 0 Å². The van der Waals surface area contributed by atoms with Gasteiger partial charge in [0.2, 0.25) is 0 Å². The average Bonchev–Trinajstić information content (AvgIpc) is 3.21. The summed E-state index contributed by atoms with van der Waals surface area (Å²) in [6.07, 6.45) is 12.9. The second kappa shape index (κ2) is 13.6. The summed E-state index contributed by atoms with van der Waals surface area (Å²) in [4.78, 5) is 13.9. The van der Waals surface area contributed by atoms with E-state index in [1.54, 1.807) is 0 Å². The number of nitrogens with two attached hydrogens (primary N) is 1. The zero-order chi connectivity index (χ0) is 25.4. The fourth-order valence-corrected chi connectivity index (χ4v) is 9.15. The first kappa shape index (κ1) is 30.7. The number of carbonyl (C=O) groups is 1. The van der Waals surface area contributed by atoms with Gasteiger partial charge in [-0.3, -0.25) is 4.79 Å². The topological polar surface area (TPSA) is 43.1 Å². The van der Waals surface area contributed by atoms with Crippen LogP contribution in [0.25, 0.3) is 0 Å². The minimum Gasteiger partial charge on any atom is -0.330 e. The van der Waals surface area contributed by atoms with E-state index in [4.69, 9.17) is 5.73 Å². The van der Waals surface area contributed by atoms with Crippen molar-refractivity contribution in [2.75, 3.05) is 6.54 Å². The molecule has 4 fully saturated rings. The molecule has 2 heteroatoms. The number of hydrogen-bond donors (Lipinski definition) is 1. The molecule has 196 valence electrons. The third-order valence-electron chi connectivity index (χ3n) is 10.4. The normalized spacial score (nSPS) is 42.0. The van der Waals surface area contributed by atoms with Crippen LogP contribution in [0.5, 0.6) is 0 Å². The first-order valence-electron chi connectivity index (χ1n) is 15.1. The summed E-state index contributed by atoms with van der Waals surface area (Å²) in [5.74, 6) is 4.86. The van der Waals surface area contributed by atoms with E-state index >= 15 is 0 Å². The Kier molecular flexibility index (Phi) is 12.7. The Morgan fingerprint density at radius 2 is 1.45 bits per heavy atom. The molecule has 0 radical (unpaired) electrons. The highest BCUT2D eigenvalue weighted by Gasteiger charge is 2.64. The quantitative estimate of drug-likeness (QED) is 0.452. The van der Waals surface area contributed by atoms with E-state index in [1.165, 1.54) is 51.4 Å². The Balaban J connectivity index is 0.000000841. The maximum atomic E-state index is 13.9. The van der Waals surface area contributed by atoms with Crippen LogP contribution in [0.15, 0.2) is 0 Å². The fraction of sp³-hybridized carbons (Fsp3) is 0.968. The molecule has 0 bridgehead atoms. The molecular weight excluding hydrogens is 402 g/mol. The van der Waals surface area contributed by atoms with Gasteiger partial charge in [-0.1, -0.05) is 82.1 Å². The molecule has 0 aromatic carbocycles. The van der Waals surface area contributed by atoms with Gasteiger partial charge in [0.1, 0.15) is 5.78 Å². The van der Waals surface area contributed by atoms with Gasteiger partial charge >= 0.3 is 0 Å². The maximum Gasteiger partial charge on any atom is 0.139 e. The second-order valence-electron chi connectivity index (χ2n) is 11.3. The third kappa shape index (κ3) is 5.41. The van der Waals surface area contributed by atoms with Crippen molar-refractivity contribution in [3.05, 3.63) is 0 Å². The van der Waals surface area contributed by atoms with Crippen LogP contribution in [0.4, 0.5) is 0 Å². The lowest BCUT2D eigenvalue weighted by atomic mass is 9.42. The summed E-state index contributed by atoms with van der Waals surface area (Å²) in [6.45, 7) is 22.7. The monoisotopic (exact) mass is 463 g/mol. The molecular formula is C31H61NO. The fourth-order valence-electron chi connectivity index (χ4n) is 9.15. The molecule has 2 nitrogen and oxygen atoms in total. The van der Waals surface area contributed by atoms with Crippen molar-refractivity contribution >= 4 is 5.78 Å². The first-order valence-corrected chi connectivity index (χ1v) is 15.1. The molecule has 0 aliphatic heterocycles. The number of ketones is 1. The van der Waals surface area contributed by atoms with Crippen LogP contribution >= 0.6 is 0 Å². The zero-order valence-electron chi connectivity index (χ0n) is 24.3. The number of hydrogen-bond acceptors (Lipinski definition) is 2. The summed E-state index contributed by atoms with van der Waals surface area (Å²) >= 11 is 0. The number of fused-ring (bicyclic) bond motifs is 5. The smallest absolute Gasteiger partial charge is 0.139 e.